The second-order valence-corrected chi connectivity index (χ2v) is 5.78. The minimum absolute atomic E-state index is 0.784. The summed E-state index contributed by atoms with van der Waals surface area (Å²) in [5.74, 6) is 0. The van der Waals surface area contributed by atoms with Gasteiger partial charge in [-0.25, -0.2) is 4.98 Å². The molecule has 0 spiro atoms. The lowest BCUT2D eigenvalue weighted by molar-refractivity contribution is 1.01. The highest BCUT2D eigenvalue weighted by atomic mass is 32.1. The average Bonchev–Trinajstić information content (AvgIpc) is 2.85. The van der Waals surface area contributed by atoms with E-state index in [4.69, 9.17) is 0 Å². The molecule has 0 saturated carbocycles. The van der Waals surface area contributed by atoms with Crippen LogP contribution in [-0.4, -0.2) is 19.1 Å². The Morgan fingerprint density at radius 1 is 1.32 bits per heavy atom. The number of hydrogen-bond donors (Lipinski definition) is 1. The molecule has 2 aromatic rings. The summed E-state index contributed by atoms with van der Waals surface area (Å²) in [5.41, 5.74) is 4.80. The number of hydrogen-bond acceptors (Lipinski definition) is 4. The number of thiazole rings is 1. The molecule has 0 aliphatic rings. The Balaban J connectivity index is 2.05. The zero-order valence-electron chi connectivity index (χ0n) is 12.0. The molecule has 0 saturated heterocycles. The van der Waals surface area contributed by atoms with Gasteiger partial charge in [-0.15, -0.1) is 11.3 Å². The first-order valence-electron chi connectivity index (χ1n) is 6.55. The van der Waals surface area contributed by atoms with Gasteiger partial charge in [0.05, 0.1) is 17.2 Å². The van der Waals surface area contributed by atoms with E-state index >= 15 is 0 Å². The van der Waals surface area contributed by atoms with Crippen LogP contribution in [0.3, 0.4) is 0 Å². The molecule has 0 aliphatic heterocycles. The topological polar surface area (TPSA) is 28.2 Å². The van der Waals surface area contributed by atoms with Crippen LogP contribution in [0, 0.1) is 6.92 Å². The maximum absolute atomic E-state index is 4.56. The zero-order valence-corrected chi connectivity index (χ0v) is 12.8. The molecule has 102 valence electrons. The summed E-state index contributed by atoms with van der Waals surface area (Å²) in [4.78, 5) is 6.70. The van der Waals surface area contributed by atoms with Gasteiger partial charge in [0.2, 0.25) is 0 Å². The average molecular weight is 275 g/mol. The summed E-state index contributed by atoms with van der Waals surface area (Å²) in [5, 5.41) is 6.77. The highest BCUT2D eigenvalue weighted by Gasteiger charge is 2.04. The lowest BCUT2D eigenvalue weighted by Crippen LogP contribution is -2.11. The van der Waals surface area contributed by atoms with E-state index < -0.39 is 0 Å². The lowest BCUT2D eigenvalue weighted by atomic mass is 10.1. The van der Waals surface area contributed by atoms with Gasteiger partial charge >= 0.3 is 0 Å². The van der Waals surface area contributed by atoms with Crippen molar-refractivity contribution in [3.63, 3.8) is 0 Å². The number of anilines is 2. The minimum Gasteiger partial charge on any atom is -0.379 e. The van der Waals surface area contributed by atoms with Crippen LogP contribution in [-0.2, 0) is 13.0 Å². The van der Waals surface area contributed by atoms with E-state index in [1.807, 2.05) is 0 Å². The second-order valence-electron chi connectivity index (χ2n) is 4.84. The molecule has 0 bridgehead atoms. The Morgan fingerprint density at radius 3 is 2.74 bits per heavy atom. The highest BCUT2D eigenvalue weighted by Crippen LogP contribution is 2.23. The van der Waals surface area contributed by atoms with Crippen LogP contribution in [0.25, 0.3) is 0 Å². The first-order valence-corrected chi connectivity index (χ1v) is 7.43. The Morgan fingerprint density at radius 2 is 2.11 bits per heavy atom. The molecule has 1 heterocycles. The van der Waals surface area contributed by atoms with E-state index in [0.717, 1.165) is 24.3 Å². The summed E-state index contributed by atoms with van der Waals surface area (Å²) in [6, 6.07) is 6.45. The Hall–Kier alpha value is -1.55. The largest absolute Gasteiger partial charge is 0.379 e. The van der Waals surface area contributed by atoms with Gasteiger partial charge in [0.25, 0.3) is 0 Å². The molecule has 0 fully saturated rings. The van der Waals surface area contributed by atoms with Gasteiger partial charge in [-0.3, -0.25) is 0 Å². The number of nitrogens with zero attached hydrogens (tertiary/aromatic N) is 2. The normalized spacial score (nSPS) is 10.5. The summed E-state index contributed by atoms with van der Waals surface area (Å²) >= 11 is 1.74. The van der Waals surface area contributed by atoms with Crippen LogP contribution >= 0.6 is 11.3 Å². The zero-order chi connectivity index (χ0) is 13.8. The standard InChI is InChI=1S/C15H21N3S/c1-5-15-17-13(10-19-15)9-16-12-7-6-11(2)14(8-12)18(3)4/h6-8,10,16H,5,9H2,1-4H3. The van der Waals surface area contributed by atoms with Crippen molar-refractivity contribution >= 4 is 22.7 Å². The fourth-order valence-corrected chi connectivity index (χ4v) is 2.73. The minimum atomic E-state index is 0.784. The maximum Gasteiger partial charge on any atom is 0.0926 e. The first-order chi connectivity index (χ1) is 9.10. The number of aryl methyl sites for hydroxylation is 2. The fraction of sp³-hybridized carbons (Fsp3) is 0.400. The van der Waals surface area contributed by atoms with Crippen LogP contribution in [0.1, 0.15) is 23.2 Å². The van der Waals surface area contributed by atoms with Gasteiger partial charge in [-0.2, -0.15) is 0 Å². The monoisotopic (exact) mass is 275 g/mol. The summed E-state index contributed by atoms with van der Waals surface area (Å²) in [6.07, 6.45) is 1.01. The Kier molecular flexibility index (Phi) is 4.43. The number of benzene rings is 1. The van der Waals surface area contributed by atoms with Crippen molar-refractivity contribution < 1.29 is 0 Å². The van der Waals surface area contributed by atoms with Crippen molar-refractivity contribution in [1.82, 2.24) is 4.98 Å². The summed E-state index contributed by atoms with van der Waals surface area (Å²) in [7, 11) is 4.14. The van der Waals surface area contributed by atoms with Crippen molar-refractivity contribution in [2.24, 2.45) is 0 Å². The van der Waals surface area contributed by atoms with Gasteiger partial charge < -0.3 is 10.2 Å². The molecule has 0 unspecified atom stereocenters. The Bertz CT molecular complexity index is 546. The van der Waals surface area contributed by atoms with E-state index in [9.17, 15) is 0 Å². The van der Waals surface area contributed by atoms with Crippen LogP contribution in [0.2, 0.25) is 0 Å². The predicted molar refractivity (Wildman–Crippen MR) is 84.3 cm³/mol. The third kappa shape index (κ3) is 3.47. The third-order valence-electron chi connectivity index (χ3n) is 3.07. The second kappa shape index (κ2) is 6.06. The number of nitrogens with one attached hydrogen (secondary N) is 1. The molecule has 0 atom stereocenters. The van der Waals surface area contributed by atoms with Crippen LogP contribution in [0.5, 0.6) is 0 Å². The molecule has 0 aliphatic carbocycles. The van der Waals surface area contributed by atoms with Crippen LogP contribution < -0.4 is 10.2 Å². The number of rotatable bonds is 5. The van der Waals surface area contributed by atoms with E-state index in [-0.39, 0.29) is 0 Å². The molecule has 1 aromatic heterocycles. The smallest absolute Gasteiger partial charge is 0.0926 e. The van der Waals surface area contributed by atoms with E-state index in [2.05, 4.69) is 66.7 Å². The molecule has 0 radical (unpaired) electrons. The van der Waals surface area contributed by atoms with Gasteiger partial charge in [-0.1, -0.05) is 13.0 Å². The predicted octanol–water partition coefficient (Wildman–Crippen LogP) is 3.69. The van der Waals surface area contributed by atoms with Crippen LogP contribution in [0.4, 0.5) is 11.4 Å². The van der Waals surface area contributed by atoms with E-state index in [0.29, 0.717) is 0 Å². The first kappa shape index (κ1) is 13.9. The molecule has 1 aromatic carbocycles. The molecular weight excluding hydrogens is 254 g/mol. The SMILES string of the molecule is CCc1nc(CNc2ccc(C)c(N(C)C)c2)cs1. The van der Waals surface area contributed by atoms with Gasteiger partial charge in [-0.05, 0) is 31.0 Å². The number of aromatic nitrogens is 1. The molecule has 0 amide bonds. The summed E-state index contributed by atoms with van der Waals surface area (Å²) < 4.78 is 0. The van der Waals surface area contributed by atoms with Gasteiger partial charge in [0.1, 0.15) is 0 Å². The van der Waals surface area contributed by atoms with Crippen molar-refractivity contribution in [2.45, 2.75) is 26.8 Å². The molecule has 4 heteroatoms. The molecular formula is C15H21N3S. The molecule has 2 rings (SSSR count). The van der Waals surface area contributed by atoms with Crippen molar-refractivity contribution in [2.75, 3.05) is 24.3 Å². The van der Waals surface area contributed by atoms with Gasteiger partial charge in [0.15, 0.2) is 0 Å². The van der Waals surface area contributed by atoms with E-state index in [1.165, 1.54) is 16.3 Å². The van der Waals surface area contributed by atoms with Crippen molar-refractivity contribution in [3.05, 3.63) is 39.8 Å². The Labute approximate surface area is 119 Å². The van der Waals surface area contributed by atoms with Crippen molar-refractivity contribution in [3.8, 4) is 0 Å². The molecule has 19 heavy (non-hydrogen) atoms. The third-order valence-corrected chi connectivity index (χ3v) is 4.11. The highest BCUT2D eigenvalue weighted by molar-refractivity contribution is 7.09. The molecule has 3 nitrogen and oxygen atoms in total. The fourth-order valence-electron chi connectivity index (χ4n) is 1.99. The quantitative estimate of drug-likeness (QED) is 0.902. The van der Waals surface area contributed by atoms with Gasteiger partial charge in [0, 0.05) is 30.9 Å². The van der Waals surface area contributed by atoms with Crippen molar-refractivity contribution in [1.29, 1.82) is 0 Å². The van der Waals surface area contributed by atoms with Crippen LogP contribution in [0.15, 0.2) is 23.6 Å². The molecule has 1 N–H and O–H groups in total. The lowest BCUT2D eigenvalue weighted by Gasteiger charge is -2.17. The summed E-state index contributed by atoms with van der Waals surface area (Å²) in [6.45, 7) is 5.05. The van der Waals surface area contributed by atoms with E-state index in [1.54, 1.807) is 11.3 Å². The maximum atomic E-state index is 4.56.